The first-order chi connectivity index (χ1) is 10.9. The van der Waals surface area contributed by atoms with Crippen LogP contribution in [0.2, 0.25) is 0 Å². The van der Waals surface area contributed by atoms with E-state index >= 15 is 0 Å². The first-order valence-corrected chi connectivity index (χ1v) is 7.80. The maximum absolute atomic E-state index is 12.0. The van der Waals surface area contributed by atoms with Gasteiger partial charge in [-0.25, -0.2) is 4.79 Å². The first-order valence-electron chi connectivity index (χ1n) is 7.80. The Morgan fingerprint density at radius 3 is 2.74 bits per heavy atom. The molecule has 0 aromatic carbocycles. The molecule has 1 aliphatic carbocycles. The molecule has 1 unspecified atom stereocenters. The number of nitrogens with one attached hydrogen (secondary N) is 1. The number of aromatic nitrogens is 2. The number of carboxylic acid groups (broad SMARTS) is 1. The molecule has 1 fully saturated rings. The molecule has 1 heterocycles. The van der Waals surface area contributed by atoms with Crippen LogP contribution in [0.4, 0.5) is 0 Å². The number of aliphatic carboxylic acids is 1. The van der Waals surface area contributed by atoms with E-state index in [1.165, 1.54) is 26.9 Å². The number of carbonyl (C=O) groups is 2. The van der Waals surface area contributed by atoms with E-state index in [-0.39, 0.29) is 19.4 Å². The van der Waals surface area contributed by atoms with Gasteiger partial charge in [-0.05, 0) is 19.8 Å². The van der Waals surface area contributed by atoms with Crippen LogP contribution in [0, 0.1) is 0 Å². The second-order valence-electron chi connectivity index (χ2n) is 6.15. The molecule has 0 saturated heterocycles. The van der Waals surface area contributed by atoms with E-state index in [1.807, 2.05) is 0 Å². The summed E-state index contributed by atoms with van der Waals surface area (Å²) >= 11 is 0. The Morgan fingerprint density at radius 1 is 1.43 bits per heavy atom. The van der Waals surface area contributed by atoms with Crippen LogP contribution in [-0.2, 0) is 20.7 Å². The number of hydrogen-bond donors (Lipinski definition) is 2. The van der Waals surface area contributed by atoms with Gasteiger partial charge in [-0.1, -0.05) is 18.0 Å². The Morgan fingerprint density at radius 2 is 2.13 bits per heavy atom. The highest BCUT2D eigenvalue weighted by Crippen LogP contribution is 2.32. The van der Waals surface area contributed by atoms with E-state index in [4.69, 9.17) is 9.26 Å². The summed E-state index contributed by atoms with van der Waals surface area (Å²) in [6.45, 7) is 1.29. The van der Waals surface area contributed by atoms with Crippen molar-refractivity contribution < 1.29 is 24.0 Å². The summed E-state index contributed by atoms with van der Waals surface area (Å²) in [5, 5.41) is 15.6. The van der Waals surface area contributed by atoms with Crippen LogP contribution in [-0.4, -0.2) is 46.4 Å². The smallest absolute Gasteiger partial charge is 0.331 e. The molecule has 1 aromatic rings. The Labute approximate surface area is 134 Å². The topological polar surface area (TPSA) is 115 Å². The van der Waals surface area contributed by atoms with E-state index in [1.54, 1.807) is 0 Å². The molecule has 2 N–H and O–H groups in total. The first kappa shape index (κ1) is 17.4. The molecular formula is C15H23N3O5. The molecule has 0 radical (unpaired) electrons. The van der Waals surface area contributed by atoms with Crippen LogP contribution in [0.5, 0.6) is 0 Å². The molecule has 0 aliphatic heterocycles. The van der Waals surface area contributed by atoms with Crippen molar-refractivity contribution >= 4 is 11.9 Å². The summed E-state index contributed by atoms with van der Waals surface area (Å²) in [7, 11) is 1.39. The summed E-state index contributed by atoms with van der Waals surface area (Å²) < 4.78 is 10.0. The minimum absolute atomic E-state index is 0.0822. The zero-order chi connectivity index (χ0) is 16.9. The maximum Gasteiger partial charge on any atom is 0.331 e. The highest BCUT2D eigenvalue weighted by atomic mass is 16.5. The number of nitrogens with zero attached hydrogens (tertiary/aromatic N) is 2. The fourth-order valence-electron chi connectivity index (χ4n) is 2.75. The van der Waals surface area contributed by atoms with Crippen molar-refractivity contribution in [1.82, 2.24) is 15.5 Å². The largest absolute Gasteiger partial charge is 0.479 e. The van der Waals surface area contributed by atoms with Crippen molar-refractivity contribution in [3.05, 3.63) is 11.7 Å². The van der Waals surface area contributed by atoms with Gasteiger partial charge in [0.2, 0.25) is 11.8 Å². The fraction of sp³-hybridized carbons (Fsp3) is 0.733. The molecule has 8 heteroatoms. The van der Waals surface area contributed by atoms with Gasteiger partial charge in [0.05, 0.1) is 6.61 Å². The predicted molar refractivity (Wildman–Crippen MR) is 79.9 cm³/mol. The van der Waals surface area contributed by atoms with Crippen LogP contribution < -0.4 is 5.32 Å². The van der Waals surface area contributed by atoms with Crippen molar-refractivity contribution in [2.75, 3.05) is 13.7 Å². The molecule has 0 spiro atoms. The van der Waals surface area contributed by atoms with E-state index in [9.17, 15) is 14.7 Å². The third-order valence-electron chi connectivity index (χ3n) is 4.09. The van der Waals surface area contributed by atoms with Gasteiger partial charge in [-0.2, -0.15) is 4.98 Å². The molecule has 1 atom stereocenters. The molecule has 8 nitrogen and oxygen atoms in total. The molecule has 1 aliphatic rings. The molecule has 2 rings (SSSR count). The lowest BCUT2D eigenvalue weighted by Crippen LogP contribution is -2.55. The normalized spacial score (nSPS) is 17.8. The van der Waals surface area contributed by atoms with Gasteiger partial charge < -0.3 is 19.7 Å². The minimum Gasteiger partial charge on any atom is -0.479 e. The maximum atomic E-state index is 12.0. The molecule has 1 amide bonds. The Bertz CT molecular complexity index is 553. The van der Waals surface area contributed by atoms with E-state index < -0.39 is 17.4 Å². The second kappa shape index (κ2) is 7.54. The van der Waals surface area contributed by atoms with Crippen molar-refractivity contribution in [2.45, 2.75) is 56.9 Å². The minimum atomic E-state index is -1.45. The molecule has 1 aromatic heterocycles. The van der Waals surface area contributed by atoms with Crippen LogP contribution in [0.15, 0.2) is 4.52 Å². The number of aryl methyl sites for hydroxylation is 1. The zero-order valence-corrected chi connectivity index (χ0v) is 13.5. The third-order valence-corrected chi connectivity index (χ3v) is 4.09. The molecule has 128 valence electrons. The number of carboxylic acids is 1. The van der Waals surface area contributed by atoms with E-state index in [0.717, 1.165) is 12.8 Å². The molecular weight excluding hydrogens is 302 g/mol. The van der Waals surface area contributed by atoms with Gasteiger partial charge in [-0.15, -0.1) is 0 Å². The van der Waals surface area contributed by atoms with Gasteiger partial charge in [0.1, 0.15) is 0 Å². The summed E-state index contributed by atoms with van der Waals surface area (Å²) in [6, 6.07) is 0. The average molecular weight is 325 g/mol. The Balaban J connectivity index is 1.85. The summed E-state index contributed by atoms with van der Waals surface area (Å²) in [6.07, 6.45) is 4.89. The summed E-state index contributed by atoms with van der Waals surface area (Å²) in [4.78, 5) is 27.5. The summed E-state index contributed by atoms with van der Waals surface area (Å²) in [5.41, 5.74) is -1.45. The molecule has 23 heavy (non-hydrogen) atoms. The molecule has 0 bridgehead atoms. The lowest BCUT2D eigenvalue weighted by Gasteiger charge is -2.25. The van der Waals surface area contributed by atoms with Crippen molar-refractivity contribution in [1.29, 1.82) is 0 Å². The average Bonchev–Trinajstić information content (AvgIpc) is 3.16. The van der Waals surface area contributed by atoms with E-state index in [0.29, 0.717) is 17.6 Å². The van der Waals surface area contributed by atoms with Crippen LogP contribution in [0.3, 0.4) is 0 Å². The fourth-order valence-corrected chi connectivity index (χ4v) is 2.75. The Hall–Kier alpha value is -1.96. The standard InChI is InChI=1S/C15H23N3O5/c1-15(9-22-2,14(20)21)17-11(19)7-8-12-16-13(18-23-12)10-5-3-4-6-10/h10H,3-9H2,1-2H3,(H,17,19)(H,20,21). The van der Waals surface area contributed by atoms with Gasteiger partial charge >= 0.3 is 5.97 Å². The third kappa shape index (κ3) is 4.51. The quantitative estimate of drug-likeness (QED) is 0.739. The zero-order valence-electron chi connectivity index (χ0n) is 13.5. The summed E-state index contributed by atoms with van der Waals surface area (Å²) in [5.74, 6) is -0.0570. The monoisotopic (exact) mass is 325 g/mol. The van der Waals surface area contributed by atoms with Crippen LogP contribution in [0.1, 0.15) is 56.7 Å². The number of hydrogen-bond acceptors (Lipinski definition) is 6. The lowest BCUT2D eigenvalue weighted by molar-refractivity contribution is -0.149. The van der Waals surface area contributed by atoms with Crippen molar-refractivity contribution in [3.63, 3.8) is 0 Å². The predicted octanol–water partition coefficient (Wildman–Crippen LogP) is 1.27. The highest BCUT2D eigenvalue weighted by molar-refractivity contribution is 5.86. The van der Waals surface area contributed by atoms with Gasteiger partial charge in [0.25, 0.3) is 0 Å². The van der Waals surface area contributed by atoms with Crippen molar-refractivity contribution in [3.8, 4) is 0 Å². The second-order valence-corrected chi connectivity index (χ2v) is 6.15. The molecule has 1 saturated carbocycles. The van der Waals surface area contributed by atoms with Gasteiger partial charge in [0.15, 0.2) is 11.4 Å². The van der Waals surface area contributed by atoms with Crippen LogP contribution >= 0.6 is 0 Å². The number of rotatable bonds is 8. The van der Waals surface area contributed by atoms with Gasteiger partial charge in [0, 0.05) is 25.9 Å². The van der Waals surface area contributed by atoms with Gasteiger partial charge in [-0.3, -0.25) is 4.79 Å². The van der Waals surface area contributed by atoms with Crippen molar-refractivity contribution in [2.24, 2.45) is 0 Å². The SMILES string of the molecule is COCC(C)(NC(=O)CCc1nc(C2CCCC2)no1)C(=O)O. The highest BCUT2D eigenvalue weighted by Gasteiger charge is 2.35. The number of ether oxygens (including phenoxy) is 1. The number of carbonyl (C=O) groups excluding carboxylic acids is 1. The number of amides is 1. The number of methoxy groups -OCH3 is 1. The van der Waals surface area contributed by atoms with Crippen LogP contribution in [0.25, 0.3) is 0 Å². The Kier molecular flexibility index (Phi) is 5.70. The van der Waals surface area contributed by atoms with E-state index in [2.05, 4.69) is 15.5 Å². The lowest BCUT2D eigenvalue weighted by atomic mass is 10.0.